The zero-order valence-electron chi connectivity index (χ0n) is 24.8. The number of hydrogen-bond acceptors (Lipinski definition) is 9. The van der Waals surface area contributed by atoms with Crippen LogP contribution in [0.1, 0.15) is 29.2 Å². The Labute approximate surface area is 270 Å². The summed E-state index contributed by atoms with van der Waals surface area (Å²) in [6.45, 7) is 4.78. The van der Waals surface area contributed by atoms with Gasteiger partial charge in [-0.15, -0.1) is 0 Å². The molecule has 2 aliphatic heterocycles. The third kappa shape index (κ3) is 8.20. The second kappa shape index (κ2) is 15.8. The molecule has 0 aliphatic carbocycles. The average molecular weight is 679 g/mol. The van der Waals surface area contributed by atoms with Crippen LogP contribution < -0.4 is 15.6 Å². The van der Waals surface area contributed by atoms with Gasteiger partial charge in [-0.25, -0.2) is 10.4 Å². The topological polar surface area (TPSA) is 153 Å². The summed E-state index contributed by atoms with van der Waals surface area (Å²) in [6.07, 6.45) is -0.172. The second-order valence-electron chi connectivity index (χ2n) is 10.7. The smallest absolute Gasteiger partial charge is 0.266 e. The van der Waals surface area contributed by atoms with Crippen LogP contribution in [0.3, 0.4) is 0 Å². The number of aliphatic hydroxyl groups is 1. The van der Waals surface area contributed by atoms with Gasteiger partial charge in [-0.05, 0) is 53.1 Å². The molecule has 3 N–H and O–H groups in total. The first-order valence-electron chi connectivity index (χ1n) is 14.8. The lowest BCUT2D eigenvalue weighted by atomic mass is 9.81. The maximum atomic E-state index is 14.4. The highest BCUT2D eigenvalue weighted by Crippen LogP contribution is 2.44. The number of carbonyl (C=O) groups is 1. The largest absolute Gasteiger partial charge is 0.494 e. The van der Waals surface area contributed by atoms with Gasteiger partial charge in [0.15, 0.2) is 11.6 Å². The maximum absolute atomic E-state index is 14.4. The number of azide groups is 1. The van der Waals surface area contributed by atoms with Gasteiger partial charge in [-0.3, -0.25) is 15.1 Å². The van der Waals surface area contributed by atoms with E-state index in [1.165, 1.54) is 0 Å². The number of aliphatic hydroxyl groups excluding tert-OH is 1. The summed E-state index contributed by atoms with van der Waals surface area (Å²) in [4.78, 5) is 24.7. The summed E-state index contributed by atoms with van der Waals surface area (Å²) >= 11 is 3.50. The monoisotopic (exact) mass is 677 g/mol. The lowest BCUT2D eigenvalue weighted by Gasteiger charge is -2.31. The van der Waals surface area contributed by atoms with E-state index in [0.717, 1.165) is 29.7 Å². The molecule has 3 aromatic rings. The summed E-state index contributed by atoms with van der Waals surface area (Å²) in [5, 5.41) is 12.9. The third-order valence-electron chi connectivity index (χ3n) is 7.67. The Hall–Kier alpha value is -3.97. The van der Waals surface area contributed by atoms with Crippen molar-refractivity contribution >= 4 is 33.4 Å². The zero-order valence-corrected chi connectivity index (χ0v) is 26.4. The molecule has 1 saturated heterocycles. The number of nitrogens with one attached hydrogen (secondary N) is 2. The van der Waals surface area contributed by atoms with Crippen LogP contribution in [0.4, 0.5) is 5.69 Å². The van der Waals surface area contributed by atoms with E-state index in [2.05, 4.69) is 41.7 Å². The van der Waals surface area contributed by atoms with Crippen molar-refractivity contribution in [2.24, 2.45) is 10.1 Å². The Bertz CT molecular complexity index is 1510. The van der Waals surface area contributed by atoms with Crippen LogP contribution >= 0.6 is 15.9 Å². The van der Waals surface area contributed by atoms with Crippen LogP contribution in [-0.2, 0) is 20.7 Å². The Balaban J connectivity index is 1.50. The van der Waals surface area contributed by atoms with Crippen molar-refractivity contribution in [1.82, 2.24) is 15.8 Å². The number of amides is 1. The average Bonchev–Trinajstić information content (AvgIpc) is 3.45. The van der Waals surface area contributed by atoms with E-state index in [1.54, 1.807) is 24.3 Å². The fourth-order valence-electron chi connectivity index (χ4n) is 5.31. The van der Waals surface area contributed by atoms with Crippen LogP contribution in [0.5, 0.6) is 5.75 Å². The Morgan fingerprint density at radius 2 is 1.89 bits per heavy atom. The predicted octanol–water partition coefficient (Wildman–Crippen LogP) is 4.60. The molecule has 2 aliphatic rings. The molecule has 45 heavy (non-hydrogen) atoms. The first-order chi connectivity index (χ1) is 22.0. The lowest BCUT2D eigenvalue weighted by Crippen LogP contribution is -2.55. The highest BCUT2D eigenvalue weighted by molar-refractivity contribution is 9.10. The molecule has 1 amide bonds. The molecule has 3 aromatic carbocycles. The number of hydrazine groups is 1. The van der Waals surface area contributed by atoms with Crippen LogP contribution in [0.15, 0.2) is 87.4 Å². The maximum Gasteiger partial charge on any atom is 0.266 e. The molecule has 2 atom stereocenters. The molecule has 13 heteroatoms. The van der Waals surface area contributed by atoms with Crippen molar-refractivity contribution in [2.45, 2.75) is 24.5 Å². The SMILES string of the molecule is [N-]=[N+]=Nc1ccccc1C[C@]1(C(=O)NNCCN2CCOCC2)N=C(c2ccc(OCCCO)cc2)O[C@H]1c1ccc(Br)cc1. The van der Waals surface area contributed by atoms with Crippen molar-refractivity contribution in [2.75, 3.05) is 52.6 Å². The van der Waals surface area contributed by atoms with E-state index in [0.29, 0.717) is 61.2 Å². The lowest BCUT2D eigenvalue weighted by molar-refractivity contribution is -0.130. The standard InChI is InChI=1S/C32H36BrN7O5/c33-26-10-6-23(7-11-26)29-32(22-25-4-1-2-5-28(25)37-39-34,31(42)38-35-14-15-40-16-20-43-21-17-40)36-30(45-29)24-8-12-27(13-9-24)44-19-3-18-41/h1-2,4-13,29,35,41H,3,14-22H2,(H,38,42)/t29-,32-/m0/s1. The number of nitrogens with zero attached hydrogens (tertiary/aromatic N) is 5. The number of rotatable bonds is 14. The number of halogens is 1. The number of carbonyl (C=O) groups excluding carboxylic acids is 1. The first-order valence-corrected chi connectivity index (χ1v) is 15.6. The van der Waals surface area contributed by atoms with E-state index in [1.807, 2.05) is 48.5 Å². The Kier molecular flexibility index (Phi) is 11.4. The molecule has 5 rings (SSSR count). The molecular formula is C32H36BrN7O5. The quantitative estimate of drug-likeness (QED) is 0.0741. The van der Waals surface area contributed by atoms with E-state index < -0.39 is 11.6 Å². The van der Waals surface area contributed by atoms with Crippen LogP contribution in [0, 0.1) is 0 Å². The summed E-state index contributed by atoms with van der Waals surface area (Å²) in [5.74, 6) is 0.564. The van der Waals surface area contributed by atoms with Gasteiger partial charge in [0.1, 0.15) is 5.75 Å². The van der Waals surface area contributed by atoms with Gasteiger partial charge in [0, 0.05) is 66.3 Å². The molecule has 12 nitrogen and oxygen atoms in total. The first kappa shape index (κ1) is 32.4. The molecule has 1 fully saturated rings. The molecule has 2 heterocycles. The van der Waals surface area contributed by atoms with Crippen molar-refractivity contribution in [3.8, 4) is 5.75 Å². The Morgan fingerprint density at radius 1 is 1.13 bits per heavy atom. The fourth-order valence-corrected chi connectivity index (χ4v) is 5.57. The van der Waals surface area contributed by atoms with E-state index in [9.17, 15) is 10.3 Å². The summed E-state index contributed by atoms with van der Waals surface area (Å²) in [5.41, 5.74) is 16.3. The minimum absolute atomic E-state index is 0.0508. The third-order valence-corrected chi connectivity index (χ3v) is 8.19. The summed E-state index contributed by atoms with van der Waals surface area (Å²) < 4.78 is 18.6. The van der Waals surface area contributed by atoms with Crippen LogP contribution in [-0.4, -0.2) is 80.0 Å². The molecule has 0 spiro atoms. The number of aliphatic imine (C=N–C) groups is 1. The van der Waals surface area contributed by atoms with Gasteiger partial charge in [0.05, 0.1) is 19.8 Å². The van der Waals surface area contributed by atoms with E-state index in [-0.39, 0.29) is 18.9 Å². The van der Waals surface area contributed by atoms with E-state index in [4.69, 9.17) is 24.3 Å². The number of morpholine rings is 1. The molecule has 0 radical (unpaired) electrons. The van der Waals surface area contributed by atoms with Crippen LogP contribution in [0.25, 0.3) is 10.4 Å². The molecule has 0 unspecified atom stereocenters. The van der Waals surface area contributed by atoms with Crippen molar-refractivity contribution in [3.05, 3.63) is 104 Å². The van der Waals surface area contributed by atoms with Gasteiger partial charge >= 0.3 is 0 Å². The van der Waals surface area contributed by atoms with Gasteiger partial charge in [0.2, 0.25) is 5.90 Å². The van der Waals surface area contributed by atoms with Crippen molar-refractivity contribution in [1.29, 1.82) is 0 Å². The number of hydrogen-bond donors (Lipinski definition) is 3. The van der Waals surface area contributed by atoms with Crippen molar-refractivity contribution in [3.63, 3.8) is 0 Å². The predicted molar refractivity (Wildman–Crippen MR) is 173 cm³/mol. The highest BCUT2D eigenvalue weighted by atomic mass is 79.9. The van der Waals surface area contributed by atoms with Gasteiger partial charge < -0.3 is 19.3 Å². The molecule has 0 saturated carbocycles. The minimum atomic E-state index is -1.47. The van der Waals surface area contributed by atoms with E-state index >= 15 is 0 Å². The highest BCUT2D eigenvalue weighted by Gasteiger charge is 2.53. The van der Waals surface area contributed by atoms with Gasteiger partial charge in [-0.2, -0.15) is 0 Å². The summed E-state index contributed by atoms with van der Waals surface area (Å²) in [6, 6.07) is 22.0. The van der Waals surface area contributed by atoms with Crippen molar-refractivity contribution < 1.29 is 24.1 Å². The van der Waals surface area contributed by atoms with Crippen LogP contribution in [0.2, 0.25) is 0 Å². The fraction of sp³-hybridized carbons (Fsp3) is 0.375. The number of ether oxygens (including phenoxy) is 3. The minimum Gasteiger partial charge on any atom is -0.494 e. The molecule has 0 aromatic heterocycles. The summed E-state index contributed by atoms with van der Waals surface area (Å²) in [7, 11) is 0. The molecular weight excluding hydrogens is 642 g/mol. The van der Waals surface area contributed by atoms with Gasteiger partial charge in [-0.1, -0.05) is 57.4 Å². The zero-order chi connectivity index (χ0) is 31.5. The molecule has 236 valence electrons. The number of benzene rings is 3. The normalized spacial score (nSPS) is 19.7. The molecule has 0 bridgehead atoms. The second-order valence-corrected chi connectivity index (χ2v) is 11.6. The Morgan fingerprint density at radius 3 is 2.62 bits per heavy atom. The van der Waals surface area contributed by atoms with Gasteiger partial charge in [0.25, 0.3) is 5.91 Å².